The normalized spacial score (nSPS) is 14.4. The average molecular weight is 511 g/mol. The summed E-state index contributed by atoms with van der Waals surface area (Å²) in [5.41, 5.74) is 2.11. The molecule has 0 N–H and O–H groups in total. The van der Waals surface area contributed by atoms with Crippen LogP contribution in [-0.2, 0) is 16.0 Å². The summed E-state index contributed by atoms with van der Waals surface area (Å²) in [4.78, 5) is 22.2. The molecule has 8 heteroatoms. The predicted molar refractivity (Wildman–Crippen MR) is 129 cm³/mol. The van der Waals surface area contributed by atoms with Crippen molar-refractivity contribution in [3.05, 3.63) is 58.6 Å². The molecule has 0 unspecified atom stereocenters. The van der Waals surface area contributed by atoms with Gasteiger partial charge in [0, 0.05) is 37.1 Å². The maximum absolute atomic E-state index is 13.2. The minimum atomic E-state index is 0. The van der Waals surface area contributed by atoms with Crippen LogP contribution in [0.5, 0.6) is 0 Å². The van der Waals surface area contributed by atoms with Crippen molar-refractivity contribution in [3.63, 3.8) is 0 Å². The Bertz CT molecular complexity index is 963. The first kappa shape index (κ1) is 23.2. The van der Waals surface area contributed by atoms with Gasteiger partial charge in [0.25, 0.3) is 0 Å². The maximum Gasteiger partial charge on any atom is 0.229 e. The van der Waals surface area contributed by atoms with E-state index in [4.69, 9.17) is 9.72 Å². The first-order valence-corrected chi connectivity index (χ1v) is 11.5. The molecule has 5 nitrogen and oxygen atoms in total. The Labute approximate surface area is 195 Å². The molecule has 0 bridgehead atoms. The first-order chi connectivity index (χ1) is 14.2. The van der Waals surface area contributed by atoms with E-state index in [1.165, 1.54) is 5.56 Å². The Morgan fingerprint density at radius 2 is 1.93 bits per heavy atom. The number of carbonyl (C=O) groups excluding carboxylic acids is 1. The Morgan fingerprint density at radius 1 is 1.17 bits per heavy atom. The Hall–Kier alpha value is -1.51. The Morgan fingerprint density at radius 3 is 2.70 bits per heavy atom. The van der Waals surface area contributed by atoms with Crippen molar-refractivity contribution in [2.24, 2.45) is 0 Å². The monoisotopic (exact) mass is 509 g/mol. The van der Waals surface area contributed by atoms with Gasteiger partial charge < -0.3 is 4.74 Å². The molecule has 1 amide bonds. The van der Waals surface area contributed by atoms with Gasteiger partial charge >= 0.3 is 0 Å². The number of aryl methyl sites for hydroxylation is 1. The van der Waals surface area contributed by atoms with Gasteiger partial charge in [-0.3, -0.25) is 14.6 Å². The molecule has 0 atom stereocenters. The summed E-state index contributed by atoms with van der Waals surface area (Å²) in [6, 6.07) is 16.2. The van der Waals surface area contributed by atoms with E-state index in [1.54, 1.807) is 11.3 Å². The molecule has 4 rings (SSSR count). The average Bonchev–Trinajstić information content (AvgIpc) is 3.16. The van der Waals surface area contributed by atoms with Gasteiger partial charge in [0.2, 0.25) is 5.91 Å². The number of ether oxygens (including phenoxy) is 1. The van der Waals surface area contributed by atoms with Crippen LogP contribution in [0.1, 0.15) is 12.0 Å². The van der Waals surface area contributed by atoms with Gasteiger partial charge in [-0.2, -0.15) is 0 Å². The van der Waals surface area contributed by atoms with Gasteiger partial charge in [-0.1, -0.05) is 57.6 Å². The molecule has 2 aromatic carbocycles. The molecule has 160 valence electrons. The number of aromatic nitrogens is 1. The molecule has 30 heavy (non-hydrogen) atoms. The zero-order valence-corrected chi connectivity index (χ0v) is 19.8. The maximum atomic E-state index is 13.2. The molecule has 0 spiro atoms. The second kappa shape index (κ2) is 11.2. The van der Waals surface area contributed by atoms with Gasteiger partial charge in [-0.25, -0.2) is 4.98 Å². The van der Waals surface area contributed by atoms with E-state index in [1.807, 2.05) is 35.2 Å². The van der Waals surface area contributed by atoms with Crippen molar-refractivity contribution in [1.29, 1.82) is 0 Å². The number of amides is 1. The van der Waals surface area contributed by atoms with Crippen LogP contribution in [0.25, 0.3) is 10.2 Å². The molecule has 1 aromatic heterocycles. The summed E-state index contributed by atoms with van der Waals surface area (Å²) in [5, 5.41) is 0.782. The van der Waals surface area contributed by atoms with Crippen molar-refractivity contribution < 1.29 is 9.53 Å². The number of hydrogen-bond acceptors (Lipinski definition) is 5. The highest BCUT2D eigenvalue weighted by Crippen LogP contribution is 2.31. The van der Waals surface area contributed by atoms with E-state index < -0.39 is 0 Å². The number of thiazole rings is 1. The third-order valence-electron chi connectivity index (χ3n) is 5.09. The fourth-order valence-electron chi connectivity index (χ4n) is 3.43. The van der Waals surface area contributed by atoms with E-state index in [0.29, 0.717) is 13.0 Å². The van der Waals surface area contributed by atoms with Crippen LogP contribution in [0.15, 0.2) is 53.0 Å². The molecule has 1 fully saturated rings. The second-order valence-electron chi connectivity index (χ2n) is 7.09. The largest absolute Gasteiger partial charge is 0.379 e. The van der Waals surface area contributed by atoms with Crippen molar-refractivity contribution in [1.82, 2.24) is 9.88 Å². The minimum Gasteiger partial charge on any atom is -0.379 e. The number of fused-ring (bicyclic) bond motifs is 1. The number of nitrogens with zero attached hydrogens (tertiary/aromatic N) is 3. The first-order valence-electron chi connectivity index (χ1n) is 9.89. The van der Waals surface area contributed by atoms with Gasteiger partial charge in [0.1, 0.15) is 0 Å². The van der Waals surface area contributed by atoms with E-state index in [0.717, 1.165) is 59.1 Å². The Kier molecular flexibility index (Phi) is 8.65. The molecule has 3 aromatic rings. The van der Waals surface area contributed by atoms with E-state index >= 15 is 0 Å². The summed E-state index contributed by atoms with van der Waals surface area (Å²) in [6.45, 7) is 4.83. The summed E-state index contributed by atoms with van der Waals surface area (Å²) in [5.74, 6) is 0.125. The number of hydrogen-bond donors (Lipinski definition) is 0. The standard InChI is InChI=1S/C22H24BrN3O2S.ClH/c23-18-7-8-19-20(16-18)29-22(24-19)26(11-10-25-12-14-28-15-13-25)21(27)9-6-17-4-2-1-3-5-17;/h1-5,7-8,16H,6,9-15H2;1H. The lowest BCUT2D eigenvalue weighted by atomic mass is 10.1. The van der Waals surface area contributed by atoms with Gasteiger partial charge in [-0.05, 0) is 30.2 Å². The van der Waals surface area contributed by atoms with Gasteiger partial charge in [-0.15, -0.1) is 12.4 Å². The molecule has 0 radical (unpaired) electrons. The third kappa shape index (κ3) is 6.02. The summed E-state index contributed by atoms with van der Waals surface area (Å²) < 4.78 is 7.55. The van der Waals surface area contributed by atoms with Gasteiger partial charge in [0.15, 0.2) is 5.13 Å². The van der Waals surface area contributed by atoms with Crippen LogP contribution in [0, 0.1) is 0 Å². The van der Waals surface area contributed by atoms with Crippen molar-refractivity contribution in [2.75, 3.05) is 44.3 Å². The lowest BCUT2D eigenvalue weighted by molar-refractivity contribution is -0.118. The van der Waals surface area contributed by atoms with Crippen molar-refractivity contribution in [2.45, 2.75) is 12.8 Å². The highest BCUT2D eigenvalue weighted by Gasteiger charge is 2.21. The quantitative estimate of drug-likeness (QED) is 0.459. The van der Waals surface area contributed by atoms with E-state index in [9.17, 15) is 4.79 Å². The highest BCUT2D eigenvalue weighted by atomic mass is 79.9. The van der Waals surface area contributed by atoms with E-state index in [-0.39, 0.29) is 18.3 Å². The van der Waals surface area contributed by atoms with Gasteiger partial charge in [0.05, 0.1) is 23.4 Å². The molecular weight excluding hydrogens is 486 g/mol. The molecular formula is C22H25BrClN3O2S. The van der Waals surface area contributed by atoms with Crippen LogP contribution in [0.3, 0.4) is 0 Å². The van der Waals surface area contributed by atoms with Crippen LogP contribution in [-0.4, -0.2) is 55.2 Å². The van der Waals surface area contributed by atoms with Crippen molar-refractivity contribution >= 4 is 60.9 Å². The fraction of sp³-hybridized carbons (Fsp3) is 0.364. The third-order valence-corrected chi connectivity index (χ3v) is 6.62. The SMILES string of the molecule is Cl.O=C(CCc1ccccc1)N(CCN1CCOCC1)c1nc2ccc(Br)cc2s1. The molecule has 0 aliphatic carbocycles. The van der Waals surface area contributed by atoms with Crippen LogP contribution < -0.4 is 4.90 Å². The lowest BCUT2D eigenvalue weighted by Crippen LogP contribution is -2.43. The predicted octanol–water partition coefficient (Wildman–Crippen LogP) is 4.78. The number of carbonyl (C=O) groups is 1. The second-order valence-corrected chi connectivity index (χ2v) is 9.02. The number of benzene rings is 2. The number of morpholine rings is 1. The number of anilines is 1. The zero-order valence-electron chi connectivity index (χ0n) is 16.6. The van der Waals surface area contributed by atoms with E-state index in [2.05, 4.69) is 39.0 Å². The topological polar surface area (TPSA) is 45.7 Å². The molecule has 1 aliphatic rings. The van der Waals surface area contributed by atoms with Crippen LogP contribution >= 0.6 is 39.7 Å². The minimum absolute atomic E-state index is 0. The lowest BCUT2D eigenvalue weighted by Gasteiger charge is -2.29. The smallest absolute Gasteiger partial charge is 0.229 e. The summed E-state index contributed by atoms with van der Waals surface area (Å²) in [6.07, 6.45) is 1.22. The van der Waals surface area contributed by atoms with Crippen molar-refractivity contribution in [3.8, 4) is 0 Å². The molecule has 2 heterocycles. The number of rotatable bonds is 7. The molecule has 1 saturated heterocycles. The molecule has 0 saturated carbocycles. The summed E-state index contributed by atoms with van der Waals surface area (Å²) in [7, 11) is 0. The zero-order chi connectivity index (χ0) is 20.1. The number of halogens is 2. The van der Waals surface area contributed by atoms with Crippen LogP contribution in [0.4, 0.5) is 5.13 Å². The summed E-state index contributed by atoms with van der Waals surface area (Å²) >= 11 is 5.10. The molecule has 1 aliphatic heterocycles. The highest BCUT2D eigenvalue weighted by molar-refractivity contribution is 9.10. The fourth-order valence-corrected chi connectivity index (χ4v) is 4.99. The van der Waals surface area contributed by atoms with Crippen LogP contribution in [0.2, 0.25) is 0 Å². The Balaban J connectivity index is 0.00000256.